The van der Waals surface area contributed by atoms with Crippen molar-refractivity contribution in [3.05, 3.63) is 53.3 Å². The third-order valence-electron chi connectivity index (χ3n) is 5.10. The van der Waals surface area contributed by atoms with Crippen molar-refractivity contribution in [2.75, 3.05) is 25.5 Å². The van der Waals surface area contributed by atoms with Gasteiger partial charge in [0.2, 0.25) is 0 Å². The van der Waals surface area contributed by atoms with Gasteiger partial charge < -0.3 is 16.0 Å². The molecule has 0 saturated heterocycles. The molecule has 0 radical (unpaired) electrons. The smallest absolute Gasteiger partial charge is 0.191 e. The molecule has 3 rings (SSSR count). The Balaban J connectivity index is 1.46. The van der Waals surface area contributed by atoms with E-state index < -0.39 is 0 Å². The maximum Gasteiger partial charge on any atom is 0.191 e. The summed E-state index contributed by atoms with van der Waals surface area (Å²) in [6, 6.07) is 12.5. The number of fused-ring (bicyclic) bond motifs is 1. The molecule has 2 aromatic heterocycles. The number of hydrogen-bond acceptors (Lipinski definition) is 4. The van der Waals surface area contributed by atoms with Crippen LogP contribution >= 0.6 is 0 Å². The molecule has 0 bridgehead atoms. The number of benzene rings is 1. The number of aryl methyl sites for hydroxylation is 2. The lowest BCUT2D eigenvalue weighted by Gasteiger charge is -2.18. The lowest BCUT2D eigenvalue weighted by atomic mass is 10.1. The van der Waals surface area contributed by atoms with Crippen LogP contribution in [-0.2, 0) is 13.5 Å². The van der Waals surface area contributed by atoms with Crippen LogP contribution < -0.4 is 16.0 Å². The van der Waals surface area contributed by atoms with Crippen LogP contribution in [0.4, 0.5) is 5.82 Å². The third-order valence-corrected chi connectivity index (χ3v) is 5.10. The van der Waals surface area contributed by atoms with E-state index in [4.69, 9.17) is 0 Å². The largest absolute Gasteiger partial charge is 0.368 e. The number of anilines is 1. The molecule has 2 heterocycles. The molecule has 7 nitrogen and oxygen atoms in total. The number of rotatable bonds is 7. The summed E-state index contributed by atoms with van der Waals surface area (Å²) in [6.07, 6.45) is 0.908. The van der Waals surface area contributed by atoms with Crippen molar-refractivity contribution < 1.29 is 0 Å². The Morgan fingerprint density at radius 1 is 1.14 bits per heavy atom. The molecule has 1 unspecified atom stereocenters. The number of aliphatic imine (C=N–C) groups is 1. The highest BCUT2D eigenvalue weighted by molar-refractivity contribution is 5.80. The first kappa shape index (κ1) is 20.6. The van der Waals surface area contributed by atoms with Crippen LogP contribution in [0.2, 0.25) is 0 Å². The van der Waals surface area contributed by atoms with Gasteiger partial charge in [0.25, 0.3) is 0 Å². The zero-order valence-corrected chi connectivity index (χ0v) is 18.0. The molecule has 0 aliphatic rings. The van der Waals surface area contributed by atoms with Crippen molar-refractivity contribution in [1.82, 2.24) is 25.4 Å². The highest BCUT2D eigenvalue weighted by Crippen LogP contribution is 2.15. The van der Waals surface area contributed by atoms with E-state index in [1.165, 1.54) is 11.3 Å². The fourth-order valence-corrected chi connectivity index (χ4v) is 3.43. The first-order valence-electron chi connectivity index (χ1n) is 10.0. The maximum atomic E-state index is 4.63. The molecule has 3 N–H and O–H groups in total. The molecule has 0 saturated carbocycles. The van der Waals surface area contributed by atoms with E-state index >= 15 is 0 Å². The summed E-state index contributed by atoms with van der Waals surface area (Å²) in [5.41, 5.74) is 4.60. The van der Waals surface area contributed by atoms with Crippen molar-refractivity contribution in [2.24, 2.45) is 12.0 Å². The van der Waals surface area contributed by atoms with Gasteiger partial charge in [0.15, 0.2) is 5.96 Å². The van der Waals surface area contributed by atoms with E-state index in [2.05, 4.69) is 63.9 Å². The first-order valence-corrected chi connectivity index (χ1v) is 10.0. The predicted molar refractivity (Wildman–Crippen MR) is 121 cm³/mol. The summed E-state index contributed by atoms with van der Waals surface area (Å²) in [5, 5.41) is 15.8. The van der Waals surface area contributed by atoms with Gasteiger partial charge in [0, 0.05) is 44.3 Å². The van der Waals surface area contributed by atoms with E-state index in [1.807, 2.05) is 36.0 Å². The van der Waals surface area contributed by atoms with Crippen molar-refractivity contribution >= 4 is 22.7 Å². The number of nitrogens with zero attached hydrogens (tertiary/aromatic N) is 4. The molecule has 154 valence electrons. The van der Waals surface area contributed by atoms with Crippen molar-refractivity contribution in [3.8, 4) is 0 Å². The average molecular weight is 394 g/mol. The quantitative estimate of drug-likeness (QED) is 0.327. The highest BCUT2D eigenvalue weighted by Gasteiger charge is 2.13. The fourth-order valence-electron chi connectivity index (χ4n) is 3.43. The summed E-state index contributed by atoms with van der Waals surface area (Å²) >= 11 is 0. The average Bonchev–Trinajstić information content (AvgIpc) is 2.96. The number of aromatic nitrogens is 3. The molecule has 1 atom stereocenters. The second kappa shape index (κ2) is 9.41. The second-order valence-electron chi connectivity index (χ2n) is 7.34. The summed E-state index contributed by atoms with van der Waals surface area (Å²) in [4.78, 5) is 8.97. The summed E-state index contributed by atoms with van der Waals surface area (Å²) < 4.78 is 1.94. The Morgan fingerprint density at radius 3 is 2.66 bits per heavy atom. The van der Waals surface area contributed by atoms with Gasteiger partial charge in [-0.3, -0.25) is 9.67 Å². The van der Waals surface area contributed by atoms with Gasteiger partial charge >= 0.3 is 0 Å². The van der Waals surface area contributed by atoms with Crippen LogP contribution in [0.3, 0.4) is 0 Å². The minimum Gasteiger partial charge on any atom is -0.368 e. The SMILES string of the molecule is CN=C(NCCNc1ccc2ccccc2n1)NC(C)Cc1c(C)nn(C)c1C. The van der Waals surface area contributed by atoms with Gasteiger partial charge in [-0.15, -0.1) is 0 Å². The van der Waals surface area contributed by atoms with E-state index in [9.17, 15) is 0 Å². The monoisotopic (exact) mass is 393 g/mol. The molecule has 0 amide bonds. The summed E-state index contributed by atoms with van der Waals surface area (Å²) in [7, 11) is 3.78. The van der Waals surface area contributed by atoms with Gasteiger partial charge in [-0.1, -0.05) is 18.2 Å². The molecule has 29 heavy (non-hydrogen) atoms. The first-order chi connectivity index (χ1) is 14.0. The molecule has 0 aliphatic heterocycles. The van der Waals surface area contributed by atoms with Crippen LogP contribution in [0.15, 0.2) is 41.4 Å². The standard InChI is InChI=1S/C22H31N7/c1-15(14-19-16(2)28-29(5)17(19)3)26-22(23-4)25-13-12-24-21-11-10-18-8-6-7-9-20(18)27-21/h6-11,15H,12-14H2,1-5H3,(H,24,27)(H2,23,25,26). The van der Waals surface area contributed by atoms with Crippen LogP contribution in [0.5, 0.6) is 0 Å². The van der Waals surface area contributed by atoms with E-state index in [0.717, 1.165) is 47.9 Å². The fraction of sp³-hybridized carbons (Fsp3) is 0.409. The van der Waals surface area contributed by atoms with Crippen molar-refractivity contribution in [1.29, 1.82) is 0 Å². The Morgan fingerprint density at radius 2 is 1.93 bits per heavy atom. The number of guanidine groups is 1. The Labute approximate surface area is 172 Å². The molecular weight excluding hydrogens is 362 g/mol. The maximum absolute atomic E-state index is 4.63. The minimum absolute atomic E-state index is 0.248. The lowest BCUT2D eigenvalue weighted by molar-refractivity contribution is 0.637. The number of nitrogens with one attached hydrogen (secondary N) is 3. The predicted octanol–water partition coefficient (Wildman–Crippen LogP) is 2.79. The van der Waals surface area contributed by atoms with Gasteiger partial charge in [-0.2, -0.15) is 5.10 Å². The Hall–Kier alpha value is -3.09. The van der Waals surface area contributed by atoms with Crippen LogP contribution in [0.1, 0.15) is 23.9 Å². The summed E-state index contributed by atoms with van der Waals surface area (Å²) in [5.74, 6) is 1.68. The number of hydrogen-bond donors (Lipinski definition) is 3. The molecule has 0 spiro atoms. The van der Waals surface area contributed by atoms with E-state index in [0.29, 0.717) is 0 Å². The van der Waals surface area contributed by atoms with Gasteiger partial charge in [-0.25, -0.2) is 4.98 Å². The van der Waals surface area contributed by atoms with Gasteiger partial charge in [-0.05, 0) is 51.0 Å². The van der Waals surface area contributed by atoms with Crippen molar-refractivity contribution in [3.63, 3.8) is 0 Å². The van der Waals surface area contributed by atoms with E-state index in [-0.39, 0.29) is 6.04 Å². The molecule has 3 aromatic rings. The second-order valence-corrected chi connectivity index (χ2v) is 7.34. The molecule has 7 heteroatoms. The van der Waals surface area contributed by atoms with Crippen molar-refractivity contribution in [2.45, 2.75) is 33.2 Å². The Bertz CT molecular complexity index is 990. The van der Waals surface area contributed by atoms with Gasteiger partial charge in [0.1, 0.15) is 5.82 Å². The van der Waals surface area contributed by atoms with Gasteiger partial charge in [0.05, 0.1) is 11.2 Å². The normalized spacial score (nSPS) is 12.8. The summed E-state index contributed by atoms with van der Waals surface area (Å²) in [6.45, 7) is 7.83. The number of pyridine rings is 1. The molecule has 0 fully saturated rings. The number of para-hydroxylation sites is 1. The third kappa shape index (κ3) is 5.25. The topological polar surface area (TPSA) is 79.2 Å². The van der Waals surface area contributed by atoms with Crippen LogP contribution in [0.25, 0.3) is 10.9 Å². The van der Waals surface area contributed by atoms with E-state index in [1.54, 1.807) is 7.05 Å². The Kier molecular flexibility index (Phi) is 6.69. The zero-order chi connectivity index (χ0) is 20.8. The van der Waals surface area contributed by atoms with Crippen LogP contribution in [0, 0.1) is 13.8 Å². The lowest BCUT2D eigenvalue weighted by Crippen LogP contribution is -2.44. The molecular formula is C22H31N7. The highest BCUT2D eigenvalue weighted by atomic mass is 15.3. The minimum atomic E-state index is 0.248. The van der Waals surface area contributed by atoms with Crippen LogP contribution in [-0.4, -0.2) is 46.9 Å². The molecule has 1 aromatic carbocycles. The molecule has 0 aliphatic carbocycles. The zero-order valence-electron chi connectivity index (χ0n) is 18.0.